The average Bonchev–Trinajstić information content (AvgIpc) is 2.34. The van der Waals surface area contributed by atoms with Crippen LogP contribution < -0.4 is 5.32 Å². The number of hydrogen-bond donors (Lipinski definition) is 1. The molecule has 0 saturated heterocycles. The number of nitrogens with one attached hydrogen (secondary N) is 1. The molecule has 0 radical (unpaired) electrons. The van der Waals surface area contributed by atoms with Gasteiger partial charge in [0.25, 0.3) is 0 Å². The van der Waals surface area contributed by atoms with Crippen LogP contribution in [0.2, 0.25) is 5.02 Å². The van der Waals surface area contributed by atoms with Crippen molar-refractivity contribution in [1.82, 2.24) is 10.3 Å². The van der Waals surface area contributed by atoms with Crippen molar-refractivity contribution in [3.05, 3.63) is 64.2 Å². The van der Waals surface area contributed by atoms with E-state index < -0.39 is 0 Å². The summed E-state index contributed by atoms with van der Waals surface area (Å²) >= 11 is 5.77. The Labute approximate surface area is 111 Å². The number of pyridine rings is 1. The van der Waals surface area contributed by atoms with Gasteiger partial charge in [0.05, 0.1) is 6.04 Å². The molecule has 94 valence electrons. The van der Waals surface area contributed by atoms with Gasteiger partial charge in [-0.25, -0.2) is 4.39 Å². The Bertz CT molecular complexity index is 557. The van der Waals surface area contributed by atoms with Crippen molar-refractivity contribution in [2.24, 2.45) is 0 Å². The van der Waals surface area contributed by atoms with Gasteiger partial charge in [0.1, 0.15) is 5.82 Å². The lowest BCUT2D eigenvalue weighted by Crippen LogP contribution is -2.20. The Morgan fingerprint density at radius 3 is 2.67 bits per heavy atom. The van der Waals surface area contributed by atoms with Crippen LogP contribution in [0.15, 0.2) is 36.7 Å². The molecule has 2 rings (SSSR count). The fourth-order valence-electron chi connectivity index (χ4n) is 1.99. The van der Waals surface area contributed by atoms with E-state index in [2.05, 4.69) is 10.3 Å². The summed E-state index contributed by atoms with van der Waals surface area (Å²) in [5.41, 5.74) is 2.60. The highest BCUT2D eigenvalue weighted by Gasteiger charge is 2.18. The van der Waals surface area contributed by atoms with Crippen molar-refractivity contribution in [1.29, 1.82) is 0 Å². The minimum Gasteiger partial charge on any atom is -0.309 e. The summed E-state index contributed by atoms with van der Waals surface area (Å²) < 4.78 is 14.0. The van der Waals surface area contributed by atoms with Gasteiger partial charge in [0.2, 0.25) is 0 Å². The number of halogens is 2. The van der Waals surface area contributed by atoms with Crippen molar-refractivity contribution < 1.29 is 4.39 Å². The molecule has 0 aliphatic rings. The summed E-state index contributed by atoms with van der Waals surface area (Å²) in [7, 11) is 1.80. The normalized spacial score (nSPS) is 12.4. The van der Waals surface area contributed by atoms with Gasteiger partial charge < -0.3 is 5.32 Å². The molecular weight excluding hydrogens is 251 g/mol. The van der Waals surface area contributed by atoms with Crippen LogP contribution in [0.25, 0.3) is 0 Å². The first-order valence-corrected chi connectivity index (χ1v) is 6.04. The van der Waals surface area contributed by atoms with Crippen LogP contribution in [-0.4, -0.2) is 12.0 Å². The molecule has 1 atom stereocenters. The summed E-state index contributed by atoms with van der Waals surface area (Å²) in [5.74, 6) is -0.315. The molecule has 1 unspecified atom stereocenters. The van der Waals surface area contributed by atoms with Crippen LogP contribution in [0.5, 0.6) is 0 Å². The summed E-state index contributed by atoms with van der Waals surface area (Å²) in [6, 6.07) is 6.40. The zero-order valence-electron chi connectivity index (χ0n) is 10.2. The van der Waals surface area contributed by atoms with Gasteiger partial charge in [-0.15, -0.1) is 0 Å². The standard InChI is InChI=1S/C14H14ClFN2/c1-9-5-6-18-8-12(9)14(17-2)11-4-3-10(15)7-13(11)16/h3-8,14,17H,1-2H3. The maximum Gasteiger partial charge on any atom is 0.129 e. The molecule has 0 aliphatic heterocycles. The quantitative estimate of drug-likeness (QED) is 0.918. The summed E-state index contributed by atoms with van der Waals surface area (Å²) in [6.07, 6.45) is 3.48. The highest BCUT2D eigenvalue weighted by molar-refractivity contribution is 6.30. The molecule has 1 aromatic heterocycles. The van der Waals surface area contributed by atoms with Crippen LogP contribution in [0.3, 0.4) is 0 Å². The number of benzene rings is 1. The molecular formula is C14H14ClFN2. The molecule has 1 N–H and O–H groups in total. The predicted octanol–water partition coefficient (Wildman–Crippen LogP) is 3.49. The van der Waals surface area contributed by atoms with Crippen molar-refractivity contribution in [3.8, 4) is 0 Å². The highest BCUT2D eigenvalue weighted by Crippen LogP contribution is 2.27. The summed E-state index contributed by atoms with van der Waals surface area (Å²) in [6.45, 7) is 1.98. The van der Waals surface area contributed by atoms with Crippen molar-refractivity contribution >= 4 is 11.6 Å². The van der Waals surface area contributed by atoms with Gasteiger partial charge in [-0.2, -0.15) is 0 Å². The SMILES string of the molecule is CNC(c1cnccc1C)c1ccc(Cl)cc1F. The molecule has 0 bridgehead atoms. The number of hydrogen-bond acceptors (Lipinski definition) is 2. The second-order valence-corrected chi connectivity index (χ2v) is 4.56. The van der Waals surface area contributed by atoms with Crippen LogP contribution in [0.4, 0.5) is 4.39 Å². The third-order valence-electron chi connectivity index (χ3n) is 2.95. The largest absolute Gasteiger partial charge is 0.309 e. The fourth-order valence-corrected chi connectivity index (χ4v) is 2.15. The molecule has 0 spiro atoms. The Kier molecular flexibility index (Phi) is 3.94. The third-order valence-corrected chi connectivity index (χ3v) is 3.19. The molecule has 2 aromatic rings. The lowest BCUT2D eigenvalue weighted by Gasteiger charge is -2.19. The molecule has 18 heavy (non-hydrogen) atoms. The van der Waals surface area contributed by atoms with E-state index in [0.29, 0.717) is 10.6 Å². The maximum atomic E-state index is 14.0. The molecule has 1 heterocycles. The maximum absolute atomic E-state index is 14.0. The van der Waals surface area contributed by atoms with Gasteiger partial charge in [0, 0.05) is 23.0 Å². The van der Waals surface area contributed by atoms with E-state index in [4.69, 9.17) is 11.6 Å². The van der Waals surface area contributed by atoms with Crippen LogP contribution in [0, 0.1) is 12.7 Å². The van der Waals surface area contributed by atoms with Gasteiger partial charge >= 0.3 is 0 Å². The highest BCUT2D eigenvalue weighted by atomic mass is 35.5. The Balaban J connectivity index is 2.49. The van der Waals surface area contributed by atoms with Crippen LogP contribution in [0.1, 0.15) is 22.7 Å². The van der Waals surface area contributed by atoms with Gasteiger partial charge in [0.15, 0.2) is 0 Å². The molecule has 0 saturated carbocycles. The fraction of sp³-hybridized carbons (Fsp3) is 0.214. The lowest BCUT2D eigenvalue weighted by atomic mass is 9.96. The third kappa shape index (κ3) is 2.52. The predicted molar refractivity (Wildman–Crippen MR) is 71.3 cm³/mol. The van der Waals surface area contributed by atoms with E-state index in [1.165, 1.54) is 6.07 Å². The molecule has 4 heteroatoms. The van der Waals surface area contributed by atoms with Crippen LogP contribution in [-0.2, 0) is 0 Å². The van der Waals surface area contributed by atoms with Crippen molar-refractivity contribution in [2.45, 2.75) is 13.0 Å². The molecule has 1 aromatic carbocycles. The summed E-state index contributed by atoms with van der Waals surface area (Å²) in [5, 5.41) is 3.51. The first-order valence-electron chi connectivity index (χ1n) is 5.66. The van der Waals surface area contributed by atoms with E-state index in [1.807, 2.05) is 13.0 Å². The first kappa shape index (κ1) is 13.0. The van der Waals surface area contributed by atoms with Gasteiger partial charge in [-0.1, -0.05) is 17.7 Å². The first-order chi connectivity index (χ1) is 8.63. The number of rotatable bonds is 3. The number of aryl methyl sites for hydroxylation is 1. The van der Waals surface area contributed by atoms with Crippen molar-refractivity contribution in [2.75, 3.05) is 7.05 Å². The lowest BCUT2D eigenvalue weighted by molar-refractivity contribution is 0.574. The molecule has 0 aliphatic carbocycles. The van der Waals surface area contributed by atoms with E-state index in [1.54, 1.807) is 31.6 Å². The second kappa shape index (κ2) is 5.46. The number of nitrogens with zero attached hydrogens (tertiary/aromatic N) is 1. The minimum absolute atomic E-state index is 0.226. The smallest absolute Gasteiger partial charge is 0.129 e. The Morgan fingerprint density at radius 2 is 2.06 bits per heavy atom. The van der Waals surface area contributed by atoms with Gasteiger partial charge in [-0.05, 0) is 43.3 Å². The number of aromatic nitrogens is 1. The van der Waals surface area contributed by atoms with Gasteiger partial charge in [-0.3, -0.25) is 4.98 Å². The molecule has 2 nitrogen and oxygen atoms in total. The average molecular weight is 265 g/mol. The zero-order chi connectivity index (χ0) is 13.1. The molecule has 0 fully saturated rings. The zero-order valence-corrected chi connectivity index (χ0v) is 11.0. The minimum atomic E-state index is -0.315. The Morgan fingerprint density at radius 1 is 1.28 bits per heavy atom. The van der Waals surface area contributed by atoms with E-state index in [9.17, 15) is 4.39 Å². The topological polar surface area (TPSA) is 24.9 Å². The summed E-state index contributed by atoms with van der Waals surface area (Å²) in [4.78, 5) is 4.10. The van der Waals surface area contributed by atoms with Crippen LogP contribution >= 0.6 is 11.6 Å². The van der Waals surface area contributed by atoms with Crippen molar-refractivity contribution in [3.63, 3.8) is 0 Å². The van der Waals surface area contributed by atoms with E-state index >= 15 is 0 Å². The van der Waals surface area contributed by atoms with E-state index in [0.717, 1.165) is 11.1 Å². The monoisotopic (exact) mass is 264 g/mol. The Hall–Kier alpha value is -1.45. The van der Waals surface area contributed by atoms with E-state index in [-0.39, 0.29) is 11.9 Å². The molecule has 0 amide bonds. The second-order valence-electron chi connectivity index (χ2n) is 4.12.